The van der Waals surface area contributed by atoms with Crippen molar-refractivity contribution in [2.75, 3.05) is 7.05 Å². The van der Waals surface area contributed by atoms with Crippen LogP contribution in [-0.4, -0.2) is 17.9 Å². The van der Waals surface area contributed by atoms with Crippen molar-refractivity contribution in [3.05, 3.63) is 65.5 Å². The van der Waals surface area contributed by atoms with Crippen LogP contribution in [0.25, 0.3) is 0 Å². The van der Waals surface area contributed by atoms with Gasteiger partial charge in [-0.05, 0) is 35.9 Å². The first-order valence-corrected chi connectivity index (χ1v) is 6.30. The Kier molecular flexibility index (Phi) is 4.22. The number of carbonyl (C=O) groups is 1. The normalized spacial score (nSPS) is 10.3. The molecule has 0 N–H and O–H groups in total. The molecule has 19 heavy (non-hydrogen) atoms. The Morgan fingerprint density at radius 1 is 1.21 bits per heavy atom. The van der Waals surface area contributed by atoms with Crippen LogP contribution in [0.3, 0.4) is 0 Å². The van der Waals surface area contributed by atoms with Crippen molar-refractivity contribution in [2.45, 2.75) is 11.4 Å². The standard InChI is InChI=1S/C15H14FNOS/c1-17(10-11-4-2-6-13(16)8-11)15(18)12-5-3-7-14(19)9-12/h2-9,19H,10H2,1H3. The summed E-state index contributed by atoms with van der Waals surface area (Å²) in [6.45, 7) is 0.368. The number of carbonyl (C=O) groups excluding carboxylic acids is 1. The molecule has 2 aromatic rings. The van der Waals surface area contributed by atoms with E-state index in [4.69, 9.17) is 0 Å². The lowest BCUT2D eigenvalue weighted by atomic mass is 10.1. The predicted octanol–water partition coefficient (Wildman–Crippen LogP) is 3.39. The van der Waals surface area contributed by atoms with Gasteiger partial charge in [-0.3, -0.25) is 4.79 Å². The molecule has 0 aliphatic rings. The highest BCUT2D eigenvalue weighted by Crippen LogP contribution is 2.13. The van der Waals surface area contributed by atoms with Crippen LogP contribution in [0, 0.1) is 5.82 Å². The van der Waals surface area contributed by atoms with Gasteiger partial charge in [0, 0.05) is 24.1 Å². The Bertz CT molecular complexity index is 600. The number of halogens is 1. The molecule has 98 valence electrons. The zero-order valence-corrected chi connectivity index (χ0v) is 11.4. The molecule has 1 amide bonds. The van der Waals surface area contributed by atoms with Gasteiger partial charge in [0.25, 0.3) is 5.91 Å². The van der Waals surface area contributed by atoms with Crippen molar-refractivity contribution < 1.29 is 9.18 Å². The molecule has 0 aliphatic heterocycles. The third kappa shape index (κ3) is 3.58. The Labute approximate surface area is 117 Å². The summed E-state index contributed by atoms with van der Waals surface area (Å²) in [5.74, 6) is -0.407. The van der Waals surface area contributed by atoms with Gasteiger partial charge >= 0.3 is 0 Å². The maximum Gasteiger partial charge on any atom is 0.253 e. The van der Waals surface area contributed by atoms with Gasteiger partial charge < -0.3 is 4.90 Å². The van der Waals surface area contributed by atoms with Crippen LogP contribution >= 0.6 is 12.6 Å². The van der Waals surface area contributed by atoms with Gasteiger partial charge in [-0.25, -0.2) is 4.39 Å². The molecule has 0 fully saturated rings. The fourth-order valence-electron chi connectivity index (χ4n) is 1.84. The summed E-state index contributed by atoms with van der Waals surface area (Å²) in [4.78, 5) is 14.5. The average molecular weight is 275 g/mol. The predicted molar refractivity (Wildman–Crippen MR) is 75.9 cm³/mol. The third-order valence-electron chi connectivity index (χ3n) is 2.75. The first-order chi connectivity index (χ1) is 9.06. The molecular weight excluding hydrogens is 261 g/mol. The van der Waals surface area contributed by atoms with Gasteiger partial charge in [-0.2, -0.15) is 0 Å². The minimum atomic E-state index is -0.296. The average Bonchev–Trinajstić information content (AvgIpc) is 2.38. The molecule has 2 rings (SSSR count). The summed E-state index contributed by atoms with van der Waals surface area (Å²) in [5.41, 5.74) is 1.34. The van der Waals surface area contributed by atoms with Crippen LogP contribution in [0.1, 0.15) is 15.9 Å². The first kappa shape index (κ1) is 13.6. The largest absolute Gasteiger partial charge is 0.337 e. The molecule has 0 aromatic heterocycles. The maximum absolute atomic E-state index is 13.1. The van der Waals surface area contributed by atoms with E-state index in [9.17, 15) is 9.18 Å². The van der Waals surface area contributed by atoms with Crippen LogP contribution < -0.4 is 0 Å². The number of amides is 1. The van der Waals surface area contributed by atoms with Crippen molar-refractivity contribution in [1.82, 2.24) is 4.90 Å². The van der Waals surface area contributed by atoms with E-state index in [1.54, 1.807) is 42.3 Å². The zero-order chi connectivity index (χ0) is 13.8. The van der Waals surface area contributed by atoms with Crippen LogP contribution in [-0.2, 0) is 6.54 Å². The molecule has 0 unspecified atom stereocenters. The van der Waals surface area contributed by atoms with Crippen molar-refractivity contribution in [3.8, 4) is 0 Å². The fraction of sp³-hybridized carbons (Fsp3) is 0.133. The van der Waals surface area contributed by atoms with E-state index in [2.05, 4.69) is 12.6 Å². The lowest BCUT2D eigenvalue weighted by Gasteiger charge is -2.17. The molecule has 2 nitrogen and oxygen atoms in total. The van der Waals surface area contributed by atoms with Crippen LogP contribution in [0.2, 0.25) is 0 Å². The van der Waals surface area contributed by atoms with Crippen molar-refractivity contribution >= 4 is 18.5 Å². The number of hydrogen-bond acceptors (Lipinski definition) is 2. The molecule has 0 aliphatic carbocycles. The number of benzene rings is 2. The topological polar surface area (TPSA) is 20.3 Å². The minimum absolute atomic E-state index is 0.111. The molecule has 0 spiro atoms. The summed E-state index contributed by atoms with van der Waals surface area (Å²) in [6.07, 6.45) is 0. The second-order valence-corrected chi connectivity index (χ2v) is 4.86. The molecule has 0 saturated heterocycles. The van der Waals surface area contributed by atoms with Crippen LogP contribution in [0.4, 0.5) is 4.39 Å². The van der Waals surface area contributed by atoms with Crippen molar-refractivity contribution in [3.63, 3.8) is 0 Å². The SMILES string of the molecule is CN(Cc1cccc(F)c1)C(=O)c1cccc(S)c1. The van der Waals surface area contributed by atoms with Gasteiger partial charge in [0.15, 0.2) is 0 Å². The van der Waals surface area contributed by atoms with Crippen LogP contribution in [0.15, 0.2) is 53.4 Å². The van der Waals surface area contributed by atoms with Crippen molar-refractivity contribution in [2.24, 2.45) is 0 Å². The molecular formula is C15H14FNOS. The monoisotopic (exact) mass is 275 g/mol. The molecule has 0 atom stereocenters. The van der Waals surface area contributed by atoms with Crippen LogP contribution in [0.5, 0.6) is 0 Å². The lowest BCUT2D eigenvalue weighted by Crippen LogP contribution is -2.26. The summed E-state index contributed by atoms with van der Waals surface area (Å²) >= 11 is 4.21. The van der Waals surface area contributed by atoms with E-state index in [1.165, 1.54) is 12.1 Å². The second-order valence-electron chi connectivity index (χ2n) is 4.34. The molecule has 0 saturated carbocycles. The Balaban J connectivity index is 2.12. The molecule has 2 aromatic carbocycles. The molecule has 0 bridgehead atoms. The number of hydrogen-bond donors (Lipinski definition) is 1. The second kappa shape index (κ2) is 5.89. The van der Waals surface area contributed by atoms with Crippen molar-refractivity contribution in [1.29, 1.82) is 0 Å². The Morgan fingerprint density at radius 3 is 2.63 bits per heavy atom. The highest BCUT2D eigenvalue weighted by molar-refractivity contribution is 7.80. The van der Waals surface area contributed by atoms with Gasteiger partial charge in [0.05, 0.1) is 0 Å². The van der Waals surface area contributed by atoms with E-state index < -0.39 is 0 Å². The van der Waals surface area contributed by atoms with E-state index in [1.807, 2.05) is 6.07 Å². The Hall–Kier alpha value is -1.81. The number of thiol groups is 1. The molecule has 0 heterocycles. The lowest BCUT2D eigenvalue weighted by molar-refractivity contribution is 0.0784. The highest BCUT2D eigenvalue weighted by Gasteiger charge is 2.12. The van der Waals surface area contributed by atoms with E-state index in [-0.39, 0.29) is 11.7 Å². The smallest absolute Gasteiger partial charge is 0.253 e. The molecule has 0 radical (unpaired) electrons. The summed E-state index contributed by atoms with van der Waals surface area (Å²) in [7, 11) is 1.69. The third-order valence-corrected chi connectivity index (χ3v) is 3.03. The maximum atomic E-state index is 13.1. The summed E-state index contributed by atoms with van der Waals surface area (Å²) in [6, 6.07) is 13.3. The fourth-order valence-corrected chi connectivity index (χ4v) is 2.07. The summed E-state index contributed by atoms with van der Waals surface area (Å²) in [5, 5.41) is 0. The molecule has 4 heteroatoms. The van der Waals surface area contributed by atoms with E-state index >= 15 is 0 Å². The van der Waals surface area contributed by atoms with Gasteiger partial charge in [0.1, 0.15) is 5.82 Å². The highest BCUT2D eigenvalue weighted by atomic mass is 32.1. The first-order valence-electron chi connectivity index (χ1n) is 5.85. The number of rotatable bonds is 3. The van der Waals surface area contributed by atoms with E-state index in [0.29, 0.717) is 12.1 Å². The zero-order valence-electron chi connectivity index (χ0n) is 10.5. The van der Waals surface area contributed by atoms with Gasteiger partial charge in [0.2, 0.25) is 0 Å². The van der Waals surface area contributed by atoms with Gasteiger partial charge in [-0.1, -0.05) is 18.2 Å². The Morgan fingerprint density at radius 2 is 1.95 bits per heavy atom. The quantitative estimate of drug-likeness (QED) is 0.851. The van der Waals surface area contributed by atoms with E-state index in [0.717, 1.165) is 10.5 Å². The van der Waals surface area contributed by atoms with Gasteiger partial charge in [-0.15, -0.1) is 12.6 Å². The number of nitrogens with zero attached hydrogens (tertiary/aromatic N) is 1. The summed E-state index contributed by atoms with van der Waals surface area (Å²) < 4.78 is 13.1. The minimum Gasteiger partial charge on any atom is -0.337 e.